The molecule has 1 aliphatic rings. The molecule has 1 aromatic rings. The van der Waals surface area contributed by atoms with Gasteiger partial charge in [0.1, 0.15) is 0 Å². The molecule has 24 heavy (non-hydrogen) atoms. The van der Waals surface area contributed by atoms with Crippen molar-refractivity contribution in [2.24, 2.45) is 22.1 Å². The molecule has 0 heterocycles. The number of nitrogens with one attached hydrogen (secondary N) is 1. The highest BCUT2D eigenvalue weighted by Gasteiger charge is 2.34. The van der Waals surface area contributed by atoms with Gasteiger partial charge < -0.3 is 20.5 Å². The molecule has 0 spiro atoms. The molecule has 3 N–H and O–H groups in total. The summed E-state index contributed by atoms with van der Waals surface area (Å²) < 4.78 is 10.6. The standard InChI is InChI=1S/C19H31N3O2/c1-14(2)12-19(9-5-6-10-19)13-21-18(20)22-15-7-8-16(23-3)17(11-15)24-4/h7-8,11,14H,5-6,9-10,12-13H2,1-4H3,(H3,20,21,22). The van der Waals surface area contributed by atoms with Crippen LogP contribution in [0.25, 0.3) is 0 Å². The number of methoxy groups -OCH3 is 2. The van der Waals surface area contributed by atoms with Gasteiger partial charge in [-0.3, -0.25) is 4.99 Å². The molecule has 5 nitrogen and oxygen atoms in total. The van der Waals surface area contributed by atoms with E-state index in [-0.39, 0.29) is 0 Å². The molecule has 0 aromatic heterocycles. The number of hydrogen-bond acceptors (Lipinski definition) is 3. The molecule has 1 fully saturated rings. The summed E-state index contributed by atoms with van der Waals surface area (Å²) >= 11 is 0. The highest BCUT2D eigenvalue weighted by molar-refractivity contribution is 5.92. The Hall–Kier alpha value is -1.91. The predicted octanol–water partition coefficient (Wildman–Crippen LogP) is 4.04. The Labute approximate surface area is 145 Å². The Morgan fingerprint density at radius 1 is 1.21 bits per heavy atom. The molecule has 0 unspecified atom stereocenters. The van der Waals surface area contributed by atoms with E-state index in [0.717, 1.165) is 12.2 Å². The average Bonchev–Trinajstić information content (AvgIpc) is 3.01. The lowest BCUT2D eigenvalue weighted by Crippen LogP contribution is -2.28. The molecule has 0 bridgehead atoms. The summed E-state index contributed by atoms with van der Waals surface area (Å²) in [7, 11) is 3.24. The zero-order chi connectivity index (χ0) is 17.6. The van der Waals surface area contributed by atoms with Crippen molar-refractivity contribution in [3.05, 3.63) is 18.2 Å². The number of guanidine groups is 1. The summed E-state index contributed by atoms with van der Waals surface area (Å²) in [5.74, 6) is 2.51. The highest BCUT2D eigenvalue weighted by atomic mass is 16.5. The molecule has 0 saturated heterocycles. The predicted molar refractivity (Wildman–Crippen MR) is 100 cm³/mol. The summed E-state index contributed by atoms with van der Waals surface area (Å²) in [5.41, 5.74) is 7.28. The molecule has 1 saturated carbocycles. The van der Waals surface area contributed by atoms with Gasteiger partial charge in [0.2, 0.25) is 0 Å². The molecule has 0 atom stereocenters. The van der Waals surface area contributed by atoms with Crippen molar-refractivity contribution in [2.45, 2.75) is 46.0 Å². The molecular formula is C19H31N3O2. The Bertz CT molecular complexity index is 564. The number of aliphatic imine (C=N–C) groups is 1. The third-order valence-corrected chi connectivity index (χ3v) is 4.75. The zero-order valence-electron chi connectivity index (χ0n) is 15.4. The van der Waals surface area contributed by atoms with E-state index in [1.165, 1.54) is 32.1 Å². The van der Waals surface area contributed by atoms with E-state index in [0.29, 0.717) is 28.8 Å². The monoisotopic (exact) mass is 333 g/mol. The fourth-order valence-electron chi connectivity index (χ4n) is 3.77. The van der Waals surface area contributed by atoms with Crippen LogP contribution in [0, 0.1) is 11.3 Å². The lowest BCUT2D eigenvalue weighted by atomic mass is 9.78. The lowest BCUT2D eigenvalue weighted by Gasteiger charge is -2.29. The number of ether oxygens (including phenoxy) is 2. The number of nitrogens with zero attached hydrogens (tertiary/aromatic N) is 1. The van der Waals surface area contributed by atoms with Crippen molar-refractivity contribution in [3.8, 4) is 11.5 Å². The van der Waals surface area contributed by atoms with Gasteiger partial charge in [0, 0.05) is 18.3 Å². The van der Waals surface area contributed by atoms with E-state index in [1.807, 2.05) is 18.2 Å². The van der Waals surface area contributed by atoms with Crippen LogP contribution in [0.5, 0.6) is 11.5 Å². The van der Waals surface area contributed by atoms with E-state index < -0.39 is 0 Å². The smallest absolute Gasteiger partial charge is 0.193 e. The van der Waals surface area contributed by atoms with Crippen LogP contribution >= 0.6 is 0 Å². The van der Waals surface area contributed by atoms with Crippen LogP contribution < -0.4 is 20.5 Å². The minimum Gasteiger partial charge on any atom is -0.493 e. The number of benzene rings is 1. The van der Waals surface area contributed by atoms with E-state index in [2.05, 4.69) is 24.2 Å². The average molecular weight is 333 g/mol. The molecule has 0 radical (unpaired) electrons. The molecule has 5 heteroatoms. The van der Waals surface area contributed by atoms with Gasteiger partial charge in [0.05, 0.1) is 14.2 Å². The SMILES string of the molecule is COc1ccc(NC(N)=NCC2(CC(C)C)CCCC2)cc1OC. The fraction of sp³-hybridized carbons (Fsp3) is 0.632. The number of rotatable bonds is 7. The lowest BCUT2D eigenvalue weighted by molar-refractivity contribution is 0.245. The zero-order valence-corrected chi connectivity index (χ0v) is 15.4. The summed E-state index contributed by atoms with van der Waals surface area (Å²) in [6.45, 7) is 5.38. The Morgan fingerprint density at radius 3 is 2.46 bits per heavy atom. The van der Waals surface area contributed by atoms with Crippen LogP contribution in [0.3, 0.4) is 0 Å². The normalized spacial score (nSPS) is 17.1. The third kappa shape index (κ3) is 4.79. The number of nitrogens with two attached hydrogens (primary N) is 1. The minimum absolute atomic E-state index is 0.331. The maximum atomic E-state index is 6.10. The Balaban J connectivity index is 2.03. The van der Waals surface area contributed by atoms with Crippen molar-refractivity contribution in [2.75, 3.05) is 26.1 Å². The summed E-state index contributed by atoms with van der Waals surface area (Å²) in [6.07, 6.45) is 6.37. The largest absolute Gasteiger partial charge is 0.493 e. The second-order valence-corrected chi connectivity index (χ2v) is 7.20. The summed E-state index contributed by atoms with van der Waals surface area (Å²) in [5, 5.41) is 3.15. The molecule has 2 rings (SSSR count). The maximum Gasteiger partial charge on any atom is 0.193 e. The van der Waals surface area contributed by atoms with E-state index in [1.54, 1.807) is 14.2 Å². The third-order valence-electron chi connectivity index (χ3n) is 4.75. The summed E-state index contributed by atoms with van der Waals surface area (Å²) in [4.78, 5) is 4.64. The van der Waals surface area contributed by atoms with Crippen LogP contribution in [0.2, 0.25) is 0 Å². The molecule has 0 amide bonds. The first kappa shape index (κ1) is 18.4. The van der Waals surface area contributed by atoms with Crippen molar-refractivity contribution >= 4 is 11.6 Å². The Kier molecular flexibility index (Phi) is 6.35. The minimum atomic E-state index is 0.331. The quantitative estimate of drug-likeness (QED) is 0.584. The molecule has 1 aromatic carbocycles. The van der Waals surface area contributed by atoms with Gasteiger partial charge >= 0.3 is 0 Å². The first-order valence-corrected chi connectivity index (χ1v) is 8.77. The van der Waals surface area contributed by atoms with Gasteiger partial charge in [-0.25, -0.2) is 0 Å². The second kappa shape index (κ2) is 8.27. The van der Waals surface area contributed by atoms with E-state index >= 15 is 0 Å². The van der Waals surface area contributed by atoms with Gasteiger partial charge in [-0.1, -0.05) is 26.7 Å². The van der Waals surface area contributed by atoms with Crippen LogP contribution in [-0.2, 0) is 0 Å². The van der Waals surface area contributed by atoms with Crippen LogP contribution in [0.15, 0.2) is 23.2 Å². The fourth-order valence-corrected chi connectivity index (χ4v) is 3.77. The maximum absolute atomic E-state index is 6.10. The first-order chi connectivity index (χ1) is 11.5. The molecule has 0 aliphatic heterocycles. The van der Waals surface area contributed by atoms with Crippen LogP contribution in [0.4, 0.5) is 5.69 Å². The van der Waals surface area contributed by atoms with Gasteiger partial charge in [-0.05, 0) is 42.7 Å². The second-order valence-electron chi connectivity index (χ2n) is 7.20. The number of anilines is 1. The molecule has 134 valence electrons. The topological polar surface area (TPSA) is 68.9 Å². The van der Waals surface area contributed by atoms with Crippen LogP contribution in [0.1, 0.15) is 46.0 Å². The van der Waals surface area contributed by atoms with Crippen molar-refractivity contribution in [1.82, 2.24) is 0 Å². The van der Waals surface area contributed by atoms with E-state index in [9.17, 15) is 0 Å². The van der Waals surface area contributed by atoms with Crippen molar-refractivity contribution in [3.63, 3.8) is 0 Å². The van der Waals surface area contributed by atoms with Gasteiger partial charge in [-0.15, -0.1) is 0 Å². The van der Waals surface area contributed by atoms with Gasteiger partial charge in [0.15, 0.2) is 17.5 Å². The van der Waals surface area contributed by atoms with E-state index in [4.69, 9.17) is 15.2 Å². The number of hydrogen-bond donors (Lipinski definition) is 2. The van der Waals surface area contributed by atoms with Gasteiger partial charge in [-0.2, -0.15) is 0 Å². The highest BCUT2D eigenvalue weighted by Crippen LogP contribution is 2.43. The van der Waals surface area contributed by atoms with Crippen LogP contribution in [-0.4, -0.2) is 26.7 Å². The first-order valence-electron chi connectivity index (χ1n) is 8.77. The Morgan fingerprint density at radius 2 is 1.88 bits per heavy atom. The van der Waals surface area contributed by atoms with Gasteiger partial charge in [0.25, 0.3) is 0 Å². The van der Waals surface area contributed by atoms with Crippen molar-refractivity contribution in [1.29, 1.82) is 0 Å². The molecule has 1 aliphatic carbocycles. The van der Waals surface area contributed by atoms with Crippen molar-refractivity contribution < 1.29 is 9.47 Å². The molecular weight excluding hydrogens is 302 g/mol. The summed E-state index contributed by atoms with van der Waals surface area (Å²) in [6, 6.07) is 5.62.